The summed E-state index contributed by atoms with van der Waals surface area (Å²) in [5, 5.41) is 20.5. The maximum atomic E-state index is 11.2. The van der Waals surface area contributed by atoms with Gasteiger partial charge in [0, 0.05) is 12.3 Å². The van der Waals surface area contributed by atoms with Gasteiger partial charge in [-0.15, -0.1) is 0 Å². The van der Waals surface area contributed by atoms with Crippen molar-refractivity contribution in [1.82, 2.24) is 0 Å². The van der Waals surface area contributed by atoms with Gasteiger partial charge in [-0.2, -0.15) is 0 Å². The topological polar surface area (TPSA) is 66.8 Å². The largest absolute Gasteiger partial charge is 0.469 e. The first-order chi connectivity index (χ1) is 12.5. The quantitative estimate of drug-likeness (QED) is 0.347. The van der Waals surface area contributed by atoms with Crippen LogP contribution in [0, 0.1) is 17.8 Å². The fraction of sp³-hybridized carbons (Fsp3) is 0.773. The number of carbonyl (C=O) groups is 1. The summed E-state index contributed by atoms with van der Waals surface area (Å²) in [6.07, 6.45) is 15.0. The van der Waals surface area contributed by atoms with Crippen molar-refractivity contribution in [2.45, 2.75) is 83.3 Å². The lowest BCUT2D eigenvalue weighted by Crippen LogP contribution is -2.17. The summed E-state index contributed by atoms with van der Waals surface area (Å²) in [4.78, 5) is 11.2. The highest BCUT2D eigenvalue weighted by atomic mass is 16.5. The van der Waals surface area contributed by atoms with Gasteiger partial charge >= 0.3 is 5.97 Å². The van der Waals surface area contributed by atoms with Crippen molar-refractivity contribution in [2.24, 2.45) is 17.8 Å². The summed E-state index contributed by atoms with van der Waals surface area (Å²) < 4.78 is 4.67. The Morgan fingerprint density at radius 2 is 2.12 bits per heavy atom. The zero-order chi connectivity index (χ0) is 18.9. The lowest BCUT2D eigenvalue weighted by molar-refractivity contribution is -0.140. The number of esters is 1. The Labute approximate surface area is 158 Å². The molecule has 0 aromatic rings. The maximum absolute atomic E-state index is 11.2. The Balaban J connectivity index is 1.81. The zero-order valence-corrected chi connectivity index (χ0v) is 16.4. The Kier molecular flexibility index (Phi) is 8.86. The van der Waals surface area contributed by atoms with Crippen LogP contribution in [-0.2, 0) is 9.53 Å². The summed E-state index contributed by atoms with van der Waals surface area (Å²) in [7, 11) is 1.43. The zero-order valence-electron chi connectivity index (χ0n) is 16.4. The number of fused-ring (bicyclic) bond motifs is 1. The van der Waals surface area contributed by atoms with Gasteiger partial charge in [-0.1, -0.05) is 50.0 Å². The van der Waals surface area contributed by atoms with Crippen molar-refractivity contribution < 1.29 is 19.7 Å². The third-order valence-corrected chi connectivity index (χ3v) is 6.02. The Morgan fingerprint density at radius 3 is 2.85 bits per heavy atom. The van der Waals surface area contributed by atoms with Crippen molar-refractivity contribution in [3.05, 3.63) is 23.8 Å². The third kappa shape index (κ3) is 6.24. The first-order valence-corrected chi connectivity index (χ1v) is 10.3. The molecule has 2 aliphatic carbocycles. The molecule has 2 rings (SSSR count). The van der Waals surface area contributed by atoms with E-state index in [1.165, 1.54) is 12.7 Å². The monoisotopic (exact) mass is 364 g/mol. The Morgan fingerprint density at radius 1 is 1.31 bits per heavy atom. The molecule has 2 saturated carbocycles. The summed E-state index contributed by atoms with van der Waals surface area (Å²) >= 11 is 0. The van der Waals surface area contributed by atoms with Gasteiger partial charge in [0.25, 0.3) is 0 Å². The summed E-state index contributed by atoms with van der Waals surface area (Å²) in [5.41, 5.74) is 1.47. The van der Waals surface area contributed by atoms with E-state index in [0.717, 1.165) is 57.8 Å². The SMILES string of the molecule is CCCCC[C@H](O)C=C[C@@H]1[C@H]2C/C(=C\CCCC(=O)OC)C[C@H]2C[C@H]1O. The lowest BCUT2D eigenvalue weighted by Gasteiger charge is -2.17. The van der Waals surface area contributed by atoms with E-state index >= 15 is 0 Å². The highest BCUT2D eigenvalue weighted by molar-refractivity contribution is 5.69. The number of hydrogen-bond donors (Lipinski definition) is 2. The van der Waals surface area contributed by atoms with Crippen LogP contribution < -0.4 is 0 Å². The molecule has 2 aliphatic rings. The van der Waals surface area contributed by atoms with E-state index in [-0.39, 0.29) is 24.1 Å². The predicted octanol–water partition coefficient (Wildman–Crippen LogP) is 4.16. The van der Waals surface area contributed by atoms with Gasteiger partial charge in [-0.25, -0.2) is 0 Å². The molecule has 5 atom stereocenters. The second-order valence-corrected chi connectivity index (χ2v) is 7.99. The van der Waals surface area contributed by atoms with E-state index in [4.69, 9.17) is 0 Å². The molecule has 4 heteroatoms. The van der Waals surface area contributed by atoms with Crippen LogP contribution in [0.15, 0.2) is 23.8 Å². The van der Waals surface area contributed by atoms with E-state index < -0.39 is 0 Å². The van der Waals surface area contributed by atoms with Gasteiger partial charge in [0.2, 0.25) is 0 Å². The smallest absolute Gasteiger partial charge is 0.305 e. The molecule has 0 radical (unpaired) electrons. The molecule has 0 aromatic heterocycles. The van der Waals surface area contributed by atoms with E-state index in [0.29, 0.717) is 18.3 Å². The van der Waals surface area contributed by atoms with Gasteiger partial charge in [0.05, 0.1) is 19.3 Å². The molecule has 0 bridgehead atoms. The average Bonchev–Trinajstić information content (AvgIpc) is 3.13. The minimum absolute atomic E-state index is 0.141. The Hall–Kier alpha value is -1.13. The summed E-state index contributed by atoms with van der Waals surface area (Å²) in [6.45, 7) is 2.16. The maximum Gasteiger partial charge on any atom is 0.305 e. The van der Waals surface area contributed by atoms with Crippen LogP contribution in [0.25, 0.3) is 0 Å². The minimum atomic E-state index is -0.387. The number of unbranched alkanes of at least 4 members (excludes halogenated alkanes) is 3. The van der Waals surface area contributed by atoms with Crippen molar-refractivity contribution in [1.29, 1.82) is 0 Å². The highest BCUT2D eigenvalue weighted by Crippen LogP contribution is 2.50. The Bertz CT molecular complexity index is 496. The number of allylic oxidation sites excluding steroid dienone is 2. The number of carbonyl (C=O) groups excluding carboxylic acids is 1. The second-order valence-electron chi connectivity index (χ2n) is 7.99. The van der Waals surface area contributed by atoms with E-state index in [1.807, 2.05) is 6.08 Å². The molecule has 4 nitrogen and oxygen atoms in total. The molecular formula is C22H36O4. The van der Waals surface area contributed by atoms with Crippen LogP contribution in [0.1, 0.15) is 71.1 Å². The average molecular weight is 365 g/mol. The highest BCUT2D eigenvalue weighted by Gasteiger charge is 2.44. The minimum Gasteiger partial charge on any atom is -0.469 e. The molecule has 0 aliphatic heterocycles. The first-order valence-electron chi connectivity index (χ1n) is 10.3. The van der Waals surface area contributed by atoms with Crippen LogP contribution in [-0.4, -0.2) is 35.5 Å². The predicted molar refractivity (Wildman–Crippen MR) is 104 cm³/mol. The molecular weight excluding hydrogens is 328 g/mol. The van der Waals surface area contributed by atoms with Crippen LogP contribution in [0.4, 0.5) is 0 Å². The van der Waals surface area contributed by atoms with E-state index in [9.17, 15) is 15.0 Å². The second kappa shape index (κ2) is 10.9. The van der Waals surface area contributed by atoms with Gasteiger partial charge in [-0.05, 0) is 50.4 Å². The standard InChI is InChI=1S/C22H36O4/c1-3-4-5-9-18(23)11-12-19-20-14-16(13-17(20)15-21(19)24)8-6-7-10-22(25)26-2/h8,11-12,17-21,23-24H,3-7,9-10,13-15H2,1-2H3/b12-11?,16-8-/t17-,18-,19+,20-,21+/m0/s1. The van der Waals surface area contributed by atoms with Crippen LogP contribution >= 0.6 is 0 Å². The lowest BCUT2D eigenvalue weighted by atomic mass is 9.90. The van der Waals surface area contributed by atoms with Crippen LogP contribution in [0.5, 0.6) is 0 Å². The third-order valence-electron chi connectivity index (χ3n) is 6.02. The van der Waals surface area contributed by atoms with Crippen molar-refractivity contribution in [2.75, 3.05) is 7.11 Å². The molecule has 26 heavy (non-hydrogen) atoms. The van der Waals surface area contributed by atoms with E-state index in [2.05, 4.69) is 23.8 Å². The number of hydrogen-bond acceptors (Lipinski definition) is 4. The van der Waals surface area contributed by atoms with Gasteiger partial charge in [0.15, 0.2) is 0 Å². The van der Waals surface area contributed by atoms with Crippen molar-refractivity contribution in [3.8, 4) is 0 Å². The normalized spacial score (nSPS) is 30.8. The van der Waals surface area contributed by atoms with Gasteiger partial charge in [-0.3, -0.25) is 4.79 Å². The fourth-order valence-corrected chi connectivity index (χ4v) is 4.55. The first kappa shape index (κ1) is 21.2. The summed E-state index contributed by atoms with van der Waals surface area (Å²) in [5.74, 6) is 1.08. The van der Waals surface area contributed by atoms with Crippen molar-refractivity contribution in [3.63, 3.8) is 0 Å². The fourth-order valence-electron chi connectivity index (χ4n) is 4.55. The molecule has 0 heterocycles. The van der Waals surface area contributed by atoms with Crippen molar-refractivity contribution >= 4 is 5.97 Å². The number of ether oxygens (including phenoxy) is 1. The molecule has 0 aromatic carbocycles. The molecule has 0 spiro atoms. The van der Waals surface area contributed by atoms with Crippen LogP contribution in [0.3, 0.4) is 0 Å². The number of aliphatic hydroxyl groups excluding tert-OH is 2. The van der Waals surface area contributed by atoms with Gasteiger partial charge < -0.3 is 14.9 Å². The number of rotatable bonds is 10. The molecule has 0 saturated heterocycles. The molecule has 0 unspecified atom stereocenters. The van der Waals surface area contributed by atoms with Gasteiger partial charge in [0.1, 0.15) is 0 Å². The summed E-state index contributed by atoms with van der Waals surface area (Å²) in [6, 6.07) is 0. The molecule has 0 amide bonds. The molecule has 148 valence electrons. The van der Waals surface area contributed by atoms with E-state index in [1.54, 1.807) is 0 Å². The number of methoxy groups -OCH3 is 1. The molecule has 2 N–H and O–H groups in total. The molecule has 2 fully saturated rings. The van der Waals surface area contributed by atoms with Crippen LogP contribution in [0.2, 0.25) is 0 Å². The number of aliphatic hydroxyl groups is 2.